The lowest BCUT2D eigenvalue weighted by Crippen LogP contribution is -2.20. The van der Waals surface area contributed by atoms with Crippen LogP contribution in [0.2, 0.25) is 0 Å². The van der Waals surface area contributed by atoms with Crippen LogP contribution in [0.4, 0.5) is 0 Å². The van der Waals surface area contributed by atoms with Gasteiger partial charge in [0.25, 0.3) is 0 Å². The van der Waals surface area contributed by atoms with E-state index in [1.165, 1.54) is 18.4 Å². The van der Waals surface area contributed by atoms with E-state index in [0.717, 1.165) is 12.8 Å². The third-order valence-corrected chi connectivity index (χ3v) is 3.00. The van der Waals surface area contributed by atoms with Crippen molar-refractivity contribution in [2.75, 3.05) is 0 Å². The summed E-state index contributed by atoms with van der Waals surface area (Å²) in [5.41, 5.74) is 1.29. The molecule has 0 spiro atoms. The number of rotatable bonds is 2. The molecular weight excluding hydrogens is 148 g/mol. The van der Waals surface area contributed by atoms with Crippen LogP contribution >= 0.6 is 0 Å². The second kappa shape index (κ2) is 3.88. The Bertz CT molecular complexity index is 163. The Balaban J connectivity index is 2.39. The molecule has 1 heteroatoms. The van der Waals surface area contributed by atoms with Crippen molar-refractivity contribution >= 4 is 5.78 Å². The molecule has 0 aromatic carbocycles. The Kier molecular flexibility index (Phi) is 3.07. The number of ketones is 1. The van der Waals surface area contributed by atoms with E-state index in [1.807, 2.05) is 0 Å². The average molecular weight is 166 g/mol. The van der Waals surface area contributed by atoms with Gasteiger partial charge in [0, 0.05) is 5.92 Å². The zero-order valence-electron chi connectivity index (χ0n) is 8.10. The van der Waals surface area contributed by atoms with E-state index in [2.05, 4.69) is 13.5 Å². The number of carbonyl (C=O) groups is 1. The summed E-state index contributed by atoms with van der Waals surface area (Å²) >= 11 is 0. The van der Waals surface area contributed by atoms with Gasteiger partial charge in [-0.15, -0.1) is 0 Å². The zero-order valence-corrected chi connectivity index (χ0v) is 8.10. The van der Waals surface area contributed by atoms with E-state index in [1.54, 1.807) is 6.92 Å². The first kappa shape index (κ1) is 9.50. The van der Waals surface area contributed by atoms with Gasteiger partial charge >= 0.3 is 0 Å². The third kappa shape index (κ3) is 2.20. The second-order valence-electron chi connectivity index (χ2n) is 4.01. The molecule has 1 saturated carbocycles. The summed E-state index contributed by atoms with van der Waals surface area (Å²) in [4.78, 5) is 11.1. The molecule has 0 bridgehead atoms. The SMILES string of the molecule is C=C(C)[C@H]1CC[C@@H](C(C)=O)CC1. The van der Waals surface area contributed by atoms with E-state index in [0.29, 0.717) is 17.6 Å². The van der Waals surface area contributed by atoms with Crippen molar-refractivity contribution in [2.24, 2.45) is 11.8 Å². The van der Waals surface area contributed by atoms with Crippen molar-refractivity contribution < 1.29 is 4.79 Å². The van der Waals surface area contributed by atoms with Crippen LogP contribution in [0.3, 0.4) is 0 Å². The molecule has 0 aromatic rings. The molecule has 0 N–H and O–H groups in total. The fraction of sp³-hybridized carbons (Fsp3) is 0.727. The van der Waals surface area contributed by atoms with Gasteiger partial charge in [-0.25, -0.2) is 0 Å². The van der Waals surface area contributed by atoms with Gasteiger partial charge in [0.1, 0.15) is 5.78 Å². The van der Waals surface area contributed by atoms with Gasteiger partial charge in [0.15, 0.2) is 0 Å². The van der Waals surface area contributed by atoms with E-state index in [-0.39, 0.29) is 0 Å². The van der Waals surface area contributed by atoms with Crippen LogP contribution in [0.25, 0.3) is 0 Å². The van der Waals surface area contributed by atoms with Crippen molar-refractivity contribution in [1.29, 1.82) is 0 Å². The van der Waals surface area contributed by atoms with Gasteiger partial charge in [0.05, 0.1) is 0 Å². The lowest BCUT2D eigenvalue weighted by atomic mass is 9.78. The van der Waals surface area contributed by atoms with Crippen molar-refractivity contribution in [3.05, 3.63) is 12.2 Å². The number of hydrogen-bond acceptors (Lipinski definition) is 1. The zero-order chi connectivity index (χ0) is 9.14. The van der Waals surface area contributed by atoms with Gasteiger partial charge in [-0.2, -0.15) is 0 Å². The van der Waals surface area contributed by atoms with Crippen molar-refractivity contribution in [3.63, 3.8) is 0 Å². The maximum atomic E-state index is 11.1. The quantitative estimate of drug-likeness (QED) is 0.576. The largest absolute Gasteiger partial charge is 0.300 e. The molecule has 0 heterocycles. The minimum absolute atomic E-state index is 0.348. The smallest absolute Gasteiger partial charge is 0.132 e. The Morgan fingerprint density at radius 1 is 1.08 bits per heavy atom. The first-order valence-corrected chi connectivity index (χ1v) is 4.77. The minimum atomic E-state index is 0.348. The first-order valence-electron chi connectivity index (χ1n) is 4.77. The van der Waals surface area contributed by atoms with Crippen LogP contribution in [0.15, 0.2) is 12.2 Å². The van der Waals surface area contributed by atoms with Crippen molar-refractivity contribution in [2.45, 2.75) is 39.5 Å². The minimum Gasteiger partial charge on any atom is -0.300 e. The predicted octanol–water partition coefficient (Wildman–Crippen LogP) is 2.96. The molecule has 1 fully saturated rings. The fourth-order valence-electron chi connectivity index (χ4n) is 1.99. The van der Waals surface area contributed by atoms with Crippen molar-refractivity contribution in [3.8, 4) is 0 Å². The summed E-state index contributed by atoms with van der Waals surface area (Å²) in [6.45, 7) is 7.77. The molecule has 0 unspecified atom stereocenters. The molecular formula is C11H18O. The molecule has 68 valence electrons. The summed E-state index contributed by atoms with van der Waals surface area (Å²) in [5.74, 6) is 1.40. The summed E-state index contributed by atoms with van der Waals surface area (Å²) < 4.78 is 0. The molecule has 1 nitrogen and oxygen atoms in total. The monoisotopic (exact) mass is 166 g/mol. The van der Waals surface area contributed by atoms with Crippen molar-refractivity contribution in [1.82, 2.24) is 0 Å². The first-order chi connectivity index (χ1) is 5.61. The summed E-state index contributed by atoms with van der Waals surface area (Å²) in [6, 6.07) is 0. The summed E-state index contributed by atoms with van der Waals surface area (Å²) in [5, 5.41) is 0. The highest BCUT2D eigenvalue weighted by atomic mass is 16.1. The van der Waals surface area contributed by atoms with Gasteiger partial charge in [-0.05, 0) is 45.4 Å². The van der Waals surface area contributed by atoms with Crippen LogP contribution < -0.4 is 0 Å². The Hall–Kier alpha value is -0.590. The molecule has 0 aliphatic heterocycles. The second-order valence-corrected chi connectivity index (χ2v) is 4.01. The summed E-state index contributed by atoms with van der Waals surface area (Å²) in [6.07, 6.45) is 4.48. The number of allylic oxidation sites excluding steroid dienone is 1. The van der Waals surface area contributed by atoms with Gasteiger partial charge in [-0.3, -0.25) is 4.79 Å². The van der Waals surface area contributed by atoms with Gasteiger partial charge < -0.3 is 0 Å². The van der Waals surface area contributed by atoms with E-state index in [9.17, 15) is 4.79 Å². The molecule has 1 aliphatic rings. The molecule has 0 aromatic heterocycles. The Morgan fingerprint density at radius 3 is 1.83 bits per heavy atom. The molecule has 0 radical (unpaired) electrons. The van der Waals surface area contributed by atoms with Crippen LogP contribution in [0.5, 0.6) is 0 Å². The lowest BCUT2D eigenvalue weighted by Gasteiger charge is -2.27. The fourth-order valence-corrected chi connectivity index (χ4v) is 1.99. The maximum absolute atomic E-state index is 11.1. The lowest BCUT2D eigenvalue weighted by molar-refractivity contribution is -0.121. The number of hydrogen-bond donors (Lipinski definition) is 0. The highest BCUT2D eigenvalue weighted by Gasteiger charge is 2.23. The molecule has 1 aliphatic carbocycles. The van der Waals surface area contributed by atoms with E-state index in [4.69, 9.17) is 0 Å². The highest BCUT2D eigenvalue weighted by molar-refractivity contribution is 5.78. The highest BCUT2D eigenvalue weighted by Crippen LogP contribution is 2.32. The average Bonchev–Trinajstić information content (AvgIpc) is 2.04. The number of Topliss-reactive ketones (excluding diaryl/α,β-unsaturated/α-hetero) is 1. The third-order valence-electron chi connectivity index (χ3n) is 3.00. The van der Waals surface area contributed by atoms with Gasteiger partial charge in [-0.1, -0.05) is 12.2 Å². The molecule has 0 atom stereocenters. The van der Waals surface area contributed by atoms with Crippen LogP contribution in [-0.4, -0.2) is 5.78 Å². The van der Waals surface area contributed by atoms with Gasteiger partial charge in [0.2, 0.25) is 0 Å². The van der Waals surface area contributed by atoms with E-state index < -0.39 is 0 Å². The molecule has 0 saturated heterocycles. The molecule has 0 amide bonds. The summed E-state index contributed by atoms with van der Waals surface area (Å²) in [7, 11) is 0. The maximum Gasteiger partial charge on any atom is 0.132 e. The predicted molar refractivity (Wildman–Crippen MR) is 50.9 cm³/mol. The molecule has 12 heavy (non-hydrogen) atoms. The Labute approximate surface area is 74.9 Å². The van der Waals surface area contributed by atoms with E-state index >= 15 is 0 Å². The number of carbonyl (C=O) groups excluding carboxylic acids is 1. The van der Waals surface area contributed by atoms with Crippen LogP contribution in [0.1, 0.15) is 39.5 Å². The molecule has 1 rings (SSSR count). The standard InChI is InChI=1S/C11H18O/c1-8(2)10-4-6-11(7-5-10)9(3)12/h10-11H,1,4-7H2,2-3H3/t10-,11+. The normalized spacial score (nSPS) is 29.8. The topological polar surface area (TPSA) is 17.1 Å². The van der Waals surface area contributed by atoms with Crippen LogP contribution in [-0.2, 0) is 4.79 Å². The van der Waals surface area contributed by atoms with Crippen LogP contribution in [0, 0.1) is 11.8 Å². The Morgan fingerprint density at radius 2 is 1.50 bits per heavy atom.